The Balaban J connectivity index is 3.26. The van der Waals surface area contributed by atoms with E-state index in [1.165, 1.54) is 0 Å². The molecule has 0 saturated carbocycles. The lowest BCUT2D eigenvalue weighted by Crippen LogP contribution is -2.44. The molecule has 1 unspecified atom stereocenters. The largest absolute Gasteiger partial charge is 0.493 e. The highest BCUT2D eigenvalue weighted by Gasteiger charge is 2.36. The van der Waals surface area contributed by atoms with Crippen molar-refractivity contribution in [2.24, 2.45) is 0 Å². The molecule has 0 radical (unpaired) electrons. The van der Waals surface area contributed by atoms with Gasteiger partial charge in [-0.2, -0.15) is 5.10 Å². The Kier molecular flexibility index (Phi) is 4.40. The molecule has 104 valence electrons. The van der Waals surface area contributed by atoms with Crippen LogP contribution in [0.1, 0.15) is 45.5 Å². The Labute approximate surface area is 109 Å². The summed E-state index contributed by atoms with van der Waals surface area (Å²) in [4.78, 5) is 1.99. The number of hydrogen-bond donors (Lipinski definition) is 1. The van der Waals surface area contributed by atoms with E-state index in [1.54, 1.807) is 13.3 Å². The number of aliphatic hydroxyl groups excluding tert-OH is 1. The summed E-state index contributed by atoms with van der Waals surface area (Å²) in [5.74, 6) is 0.631. The van der Waals surface area contributed by atoms with Gasteiger partial charge in [0.05, 0.1) is 13.3 Å². The molecule has 1 atom stereocenters. The third-order valence-electron chi connectivity index (χ3n) is 3.59. The molecule has 0 aliphatic heterocycles. The van der Waals surface area contributed by atoms with Crippen LogP contribution in [0, 0.1) is 0 Å². The fourth-order valence-corrected chi connectivity index (χ4v) is 1.76. The van der Waals surface area contributed by atoms with Crippen molar-refractivity contribution in [3.63, 3.8) is 0 Å². The van der Waals surface area contributed by atoms with E-state index in [0.717, 1.165) is 5.69 Å². The Hall–Kier alpha value is -1.07. The molecule has 5 heteroatoms. The third-order valence-corrected chi connectivity index (χ3v) is 3.59. The fraction of sp³-hybridized carbons (Fsp3) is 0.769. The molecule has 5 nitrogen and oxygen atoms in total. The Morgan fingerprint density at radius 3 is 2.33 bits per heavy atom. The van der Waals surface area contributed by atoms with Crippen LogP contribution < -0.4 is 4.74 Å². The van der Waals surface area contributed by atoms with Gasteiger partial charge in [0, 0.05) is 11.6 Å². The Morgan fingerprint density at radius 1 is 1.39 bits per heavy atom. The normalized spacial score (nSPS) is 14.3. The first kappa shape index (κ1) is 15.0. The van der Waals surface area contributed by atoms with Crippen molar-refractivity contribution >= 4 is 0 Å². The predicted octanol–water partition coefficient (Wildman–Crippen LogP) is 1.85. The molecule has 1 rings (SSSR count). The van der Waals surface area contributed by atoms with Crippen molar-refractivity contribution < 1.29 is 9.84 Å². The summed E-state index contributed by atoms with van der Waals surface area (Å²) >= 11 is 0. The van der Waals surface area contributed by atoms with Crippen LogP contribution in [0.5, 0.6) is 5.75 Å². The minimum absolute atomic E-state index is 0.177. The first-order chi connectivity index (χ1) is 8.23. The van der Waals surface area contributed by atoms with Gasteiger partial charge in [-0.1, -0.05) is 0 Å². The first-order valence-electron chi connectivity index (χ1n) is 6.20. The molecule has 1 N–H and O–H groups in total. The molecule has 0 fully saturated rings. The number of hydrogen-bond acceptors (Lipinski definition) is 4. The highest BCUT2D eigenvalue weighted by atomic mass is 16.5. The van der Waals surface area contributed by atoms with E-state index in [4.69, 9.17) is 4.74 Å². The van der Waals surface area contributed by atoms with Gasteiger partial charge in [0.2, 0.25) is 0 Å². The smallest absolute Gasteiger partial charge is 0.162 e. The van der Waals surface area contributed by atoms with Gasteiger partial charge in [0.25, 0.3) is 0 Å². The van der Waals surface area contributed by atoms with Gasteiger partial charge in [0.15, 0.2) is 5.75 Å². The van der Waals surface area contributed by atoms with Crippen LogP contribution in [-0.4, -0.2) is 46.5 Å². The van der Waals surface area contributed by atoms with E-state index >= 15 is 0 Å². The zero-order chi connectivity index (χ0) is 14.1. The predicted molar refractivity (Wildman–Crippen MR) is 71.9 cm³/mol. The van der Waals surface area contributed by atoms with Crippen LogP contribution in [0.4, 0.5) is 0 Å². The third kappa shape index (κ3) is 2.52. The molecule has 1 aromatic heterocycles. The number of likely N-dealkylation sites (N-methyl/N-ethyl adjacent to an activating group) is 1. The molecule has 18 heavy (non-hydrogen) atoms. The summed E-state index contributed by atoms with van der Waals surface area (Å²) in [5, 5.41) is 15.0. The SMILES string of the molecule is COc1cnn(C(C)C)c1C(O)C(C)(C)N(C)C. The van der Waals surface area contributed by atoms with E-state index in [0.29, 0.717) is 5.75 Å². The van der Waals surface area contributed by atoms with Gasteiger partial charge in [0.1, 0.15) is 11.8 Å². The molecular formula is C13H25N3O2. The lowest BCUT2D eigenvalue weighted by atomic mass is 9.93. The quantitative estimate of drug-likeness (QED) is 0.872. The summed E-state index contributed by atoms with van der Waals surface area (Å²) in [5.41, 5.74) is 0.325. The first-order valence-corrected chi connectivity index (χ1v) is 6.20. The van der Waals surface area contributed by atoms with Gasteiger partial charge in [-0.3, -0.25) is 4.68 Å². The molecular weight excluding hydrogens is 230 g/mol. The van der Waals surface area contributed by atoms with Crippen LogP contribution in [0.2, 0.25) is 0 Å². The van der Waals surface area contributed by atoms with Gasteiger partial charge in [-0.25, -0.2) is 0 Å². The summed E-state index contributed by atoms with van der Waals surface area (Å²) in [7, 11) is 5.50. The minimum atomic E-state index is -0.674. The lowest BCUT2D eigenvalue weighted by Gasteiger charge is -2.37. The van der Waals surface area contributed by atoms with Gasteiger partial charge in [-0.15, -0.1) is 0 Å². The van der Waals surface area contributed by atoms with Crippen molar-refractivity contribution in [1.82, 2.24) is 14.7 Å². The topological polar surface area (TPSA) is 50.5 Å². The maximum atomic E-state index is 10.7. The second-order valence-corrected chi connectivity index (χ2v) is 5.59. The second kappa shape index (κ2) is 5.28. The highest BCUT2D eigenvalue weighted by molar-refractivity contribution is 5.29. The van der Waals surface area contributed by atoms with E-state index in [1.807, 2.05) is 51.4 Å². The monoisotopic (exact) mass is 255 g/mol. The van der Waals surface area contributed by atoms with Crippen molar-refractivity contribution in [2.75, 3.05) is 21.2 Å². The molecule has 0 bridgehead atoms. The van der Waals surface area contributed by atoms with Crippen LogP contribution in [-0.2, 0) is 0 Å². The number of nitrogens with zero attached hydrogens (tertiary/aromatic N) is 3. The molecule has 1 aromatic rings. The summed E-state index contributed by atoms with van der Waals surface area (Å²) in [6, 6.07) is 0.177. The van der Waals surface area contributed by atoms with Crippen LogP contribution in [0.3, 0.4) is 0 Å². The molecule has 0 spiro atoms. The molecule has 0 aliphatic rings. The standard InChI is InChI=1S/C13H25N3O2/c1-9(2)16-11(10(18-7)8-14-16)12(17)13(3,4)15(5)6/h8-9,12,17H,1-7H3. The van der Waals surface area contributed by atoms with Crippen molar-refractivity contribution in [3.8, 4) is 5.75 Å². The molecule has 1 heterocycles. The summed E-state index contributed by atoms with van der Waals surface area (Å²) < 4.78 is 7.12. The van der Waals surface area contributed by atoms with Gasteiger partial charge >= 0.3 is 0 Å². The molecule has 0 amide bonds. The van der Waals surface area contributed by atoms with Gasteiger partial charge in [-0.05, 0) is 41.8 Å². The van der Waals surface area contributed by atoms with Crippen LogP contribution >= 0.6 is 0 Å². The van der Waals surface area contributed by atoms with E-state index in [9.17, 15) is 5.11 Å². The summed E-state index contributed by atoms with van der Waals surface area (Å²) in [6.07, 6.45) is 0.983. The second-order valence-electron chi connectivity index (χ2n) is 5.59. The fourth-order valence-electron chi connectivity index (χ4n) is 1.76. The molecule has 0 aromatic carbocycles. The van der Waals surface area contributed by atoms with Crippen molar-refractivity contribution in [3.05, 3.63) is 11.9 Å². The van der Waals surface area contributed by atoms with Crippen molar-refractivity contribution in [2.45, 2.75) is 45.4 Å². The van der Waals surface area contributed by atoms with Crippen molar-refractivity contribution in [1.29, 1.82) is 0 Å². The van der Waals surface area contributed by atoms with Gasteiger partial charge < -0.3 is 14.7 Å². The summed E-state index contributed by atoms with van der Waals surface area (Å²) in [6.45, 7) is 8.06. The van der Waals surface area contributed by atoms with Crippen LogP contribution in [0.15, 0.2) is 6.20 Å². The number of methoxy groups -OCH3 is 1. The van der Waals surface area contributed by atoms with E-state index in [-0.39, 0.29) is 6.04 Å². The average molecular weight is 255 g/mol. The number of rotatable bonds is 5. The molecule has 0 aliphatic carbocycles. The number of ether oxygens (including phenoxy) is 1. The van der Waals surface area contributed by atoms with E-state index < -0.39 is 11.6 Å². The van der Waals surface area contributed by atoms with E-state index in [2.05, 4.69) is 5.10 Å². The zero-order valence-electron chi connectivity index (χ0n) is 12.4. The number of aromatic nitrogens is 2. The zero-order valence-corrected chi connectivity index (χ0v) is 12.4. The number of aliphatic hydroxyl groups is 1. The minimum Gasteiger partial charge on any atom is -0.493 e. The maximum absolute atomic E-state index is 10.7. The lowest BCUT2D eigenvalue weighted by molar-refractivity contribution is 0.00852. The van der Waals surface area contributed by atoms with Crippen LogP contribution in [0.25, 0.3) is 0 Å². The molecule has 0 saturated heterocycles. The Morgan fingerprint density at radius 2 is 1.94 bits per heavy atom. The Bertz CT molecular complexity index is 397. The maximum Gasteiger partial charge on any atom is 0.162 e. The average Bonchev–Trinajstić information content (AvgIpc) is 2.70. The highest BCUT2D eigenvalue weighted by Crippen LogP contribution is 2.35.